The number of carbonyl (C=O) groups excluding carboxylic acids is 1. The van der Waals surface area contributed by atoms with Gasteiger partial charge in [-0.2, -0.15) is 0 Å². The molecule has 1 fully saturated rings. The van der Waals surface area contributed by atoms with Crippen LogP contribution in [-0.2, 0) is 10.3 Å². The summed E-state index contributed by atoms with van der Waals surface area (Å²) in [7, 11) is 1.66. The van der Waals surface area contributed by atoms with Crippen LogP contribution in [0.25, 0.3) is 0 Å². The van der Waals surface area contributed by atoms with E-state index in [0.29, 0.717) is 18.1 Å². The molecule has 140 valence electrons. The number of aromatic nitrogens is 2. The molecule has 0 spiro atoms. The molecular formula is C20H27N3O3. The molecule has 0 unspecified atom stereocenters. The molecule has 1 heterocycles. The molecule has 1 N–H and O–H groups in total. The van der Waals surface area contributed by atoms with Crippen molar-refractivity contribution >= 4 is 11.9 Å². The Kier molecular flexibility index (Phi) is 6.95. The minimum absolute atomic E-state index is 0.181. The van der Waals surface area contributed by atoms with Crippen LogP contribution in [-0.4, -0.2) is 29.7 Å². The SMILES string of the molecule is CC.CCOC(=O)c1cnc(NC2(c3cccc(OC)c3)CCC2)nc1. The van der Waals surface area contributed by atoms with Gasteiger partial charge in [-0.3, -0.25) is 0 Å². The average molecular weight is 357 g/mol. The van der Waals surface area contributed by atoms with E-state index in [9.17, 15) is 4.79 Å². The zero-order chi connectivity index (χ0) is 19.0. The largest absolute Gasteiger partial charge is 0.497 e. The molecule has 6 nitrogen and oxygen atoms in total. The van der Waals surface area contributed by atoms with Gasteiger partial charge >= 0.3 is 5.97 Å². The van der Waals surface area contributed by atoms with Crippen LogP contribution in [0.15, 0.2) is 36.7 Å². The predicted octanol–water partition coefficient (Wildman–Crippen LogP) is 4.18. The lowest BCUT2D eigenvalue weighted by molar-refractivity contribution is 0.0525. The van der Waals surface area contributed by atoms with E-state index < -0.39 is 5.97 Å². The quantitative estimate of drug-likeness (QED) is 0.782. The fourth-order valence-electron chi connectivity index (χ4n) is 2.86. The minimum atomic E-state index is -0.407. The fraction of sp³-hybridized carbons (Fsp3) is 0.450. The molecule has 1 aromatic heterocycles. The highest BCUT2D eigenvalue weighted by atomic mass is 16.5. The van der Waals surface area contributed by atoms with Crippen LogP contribution in [0.2, 0.25) is 0 Å². The first-order chi connectivity index (χ1) is 12.7. The second-order valence-corrected chi connectivity index (χ2v) is 5.81. The highest BCUT2D eigenvalue weighted by molar-refractivity contribution is 5.88. The zero-order valence-corrected chi connectivity index (χ0v) is 15.9. The topological polar surface area (TPSA) is 73.3 Å². The number of nitrogens with zero attached hydrogens (tertiary/aromatic N) is 2. The number of nitrogens with one attached hydrogen (secondary N) is 1. The maximum Gasteiger partial charge on any atom is 0.341 e. The Hall–Kier alpha value is -2.63. The number of ether oxygens (including phenoxy) is 2. The number of esters is 1. The number of anilines is 1. The van der Waals surface area contributed by atoms with Crippen LogP contribution < -0.4 is 10.1 Å². The van der Waals surface area contributed by atoms with Gasteiger partial charge in [0.15, 0.2) is 0 Å². The minimum Gasteiger partial charge on any atom is -0.497 e. The second kappa shape index (κ2) is 9.17. The van der Waals surface area contributed by atoms with Crippen molar-refractivity contribution in [2.75, 3.05) is 19.0 Å². The number of benzene rings is 1. The molecule has 3 rings (SSSR count). The van der Waals surface area contributed by atoms with Crippen LogP contribution in [0.5, 0.6) is 5.75 Å². The second-order valence-electron chi connectivity index (χ2n) is 5.81. The Labute approximate surface area is 155 Å². The third-order valence-electron chi connectivity index (χ3n) is 4.34. The molecule has 0 bridgehead atoms. The van der Waals surface area contributed by atoms with Gasteiger partial charge in [-0.15, -0.1) is 0 Å². The molecule has 1 aliphatic carbocycles. The summed E-state index contributed by atoms with van der Waals surface area (Å²) in [4.78, 5) is 20.2. The molecule has 0 aliphatic heterocycles. The smallest absolute Gasteiger partial charge is 0.341 e. The van der Waals surface area contributed by atoms with Gasteiger partial charge in [0, 0.05) is 12.4 Å². The van der Waals surface area contributed by atoms with E-state index in [4.69, 9.17) is 9.47 Å². The molecule has 2 aromatic rings. The van der Waals surface area contributed by atoms with Crippen molar-refractivity contribution in [3.8, 4) is 5.75 Å². The van der Waals surface area contributed by atoms with Crippen molar-refractivity contribution in [3.63, 3.8) is 0 Å². The lowest BCUT2D eigenvalue weighted by atomic mass is 9.72. The van der Waals surface area contributed by atoms with Gasteiger partial charge in [0.05, 0.1) is 24.8 Å². The van der Waals surface area contributed by atoms with E-state index >= 15 is 0 Å². The van der Waals surface area contributed by atoms with Crippen LogP contribution >= 0.6 is 0 Å². The van der Waals surface area contributed by atoms with Gasteiger partial charge in [0.2, 0.25) is 5.95 Å². The highest BCUT2D eigenvalue weighted by Gasteiger charge is 2.39. The van der Waals surface area contributed by atoms with E-state index in [2.05, 4.69) is 21.4 Å². The zero-order valence-electron chi connectivity index (χ0n) is 15.9. The summed E-state index contributed by atoms with van der Waals surface area (Å²) in [5.41, 5.74) is 1.33. The fourth-order valence-corrected chi connectivity index (χ4v) is 2.86. The van der Waals surface area contributed by atoms with E-state index in [0.717, 1.165) is 30.6 Å². The summed E-state index contributed by atoms with van der Waals surface area (Å²) < 4.78 is 10.3. The Morgan fingerprint density at radius 3 is 2.46 bits per heavy atom. The molecular weight excluding hydrogens is 330 g/mol. The third-order valence-corrected chi connectivity index (χ3v) is 4.34. The summed E-state index contributed by atoms with van der Waals surface area (Å²) in [5, 5.41) is 3.43. The summed E-state index contributed by atoms with van der Waals surface area (Å²) in [6.07, 6.45) is 6.13. The lowest BCUT2D eigenvalue weighted by Crippen LogP contribution is -2.42. The highest BCUT2D eigenvalue weighted by Crippen LogP contribution is 2.44. The molecule has 0 radical (unpaired) electrons. The van der Waals surface area contributed by atoms with Crippen LogP contribution in [0.4, 0.5) is 5.95 Å². The number of hydrogen-bond donors (Lipinski definition) is 1. The van der Waals surface area contributed by atoms with E-state index in [1.807, 2.05) is 32.0 Å². The lowest BCUT2D eigenvalue weighted by Gasteiger charge is -2.43. The Morgan fingerprint density at radius 1 is 1.23 bits per heavy atom. The van der Waals surface area contributed by atoms with Gasteiger partial charge in [-0.25, -0.2) is 14.8 Å². The molecule has 26 heavy (non-hydrogen) atoms. The van der Waals surface area contributed by atoms with E-state index in [-0.39, 0.29) is 5.54 Å². The maximum atomic E-state index is 11.7. The normalized spacial score (nSPS) is 14.3. The van der Waals surface area contributed by atoms with Crippen LogP contribution in [0.1, 0.15) is 56.0 Å². The summed E-state index contributed by atoms with van der Waals surface area (Å²) in [6.45, 7) is 6.10. The molecule has 6 heteroatoms. The Balaban J connectivity index is 0.00000117. The third kappa shape index (κ3) is 4.31. The van der Waals surface area contributed by atoms with Crippen molar-refractivity contribution in [1.29, 1.82) is 0 Å². The molecule has 1 aliphatic rings. The first kappa shape index (κ1) is 19.7. The van der Waals surface area contributed by atoms with E-state index in [1.54, 1.807) is 14.0 Å². The number of methoxy groups -OCH3 is 1. The molecule has 1 aromatic carbocycles. The maximum absolute atomic E-state index is 11.7. The monoisotopic (exact) mass is 357 g/mol. The van der Waals surface area contributed by atoms with Crippen molar-refractivity contribution in [3.05, 3.63) is 47.8 Å². The summed E-state index contributed by atoms with van der Waals surface area (Å²) in [6, 6.07) is 8.04. The number of hydrogen-bond acceptors (Lipinski definition) is 6. The standard InChI is InChI=1S/C18H21N3O3.C2H6/c1-3-24-16(22)13-11-19-17(20-12-13)21-18(8-5-9-18)14-6-4-7-15(10-14)23-2;1-2/h4,6-7,10-12H,3,5,8-9H2,1-2H3,(H,19,20,21);1-2H3. The number of rotatable bonds is 6. The summed E-state index contributed by atoms with van der Waals surface area (Å²) >= 11 is 0. The first-order valence-electron chi connectivity index (χ1n) is 9.09. The van der Waals surface area contributed by atoms with Gasteiger partial charge in [-0.1, -0.05) is 26.0 Å². The van der Waals surface area contributed by atoms with E-state index in [1.165, 1.54) is 12.4 Å². The van der Waals surface area contributed by atoms with Crippen molar-refractivity contribution in [1.82, 2.24) is 9.97 Å². The predicted molar refractivity (Wildman–Crippen MR) is 101 cm³/mol. The van der Waals surface area contributed by atoms with Crippen molar-refractivity contribution in [2.45, 2.75) is 45.6 Å². The first-order valence-corrected chi connectivity index (χ1v) is 9.09. The molecule has 0 amide bonds. The van der Waals surface area contributed by atoms with Gasteiger partial charge in [-0.05, 0) is 43.9 Å². The Bertz CT molecular complexity index is 712. The van der Waals surface area contributed by atoms with Crippen LogP contribution in [0, 0.1) is 0 Å². The van der Waals surface area contributed by atoms with Crippen LogP contribution in [0.3, 0.4) is 0 Å². The molecule has 0 atom stereocenters. The average Bonchev–Trinajstić information content (AvgIpc) is 2.67. The van der Waals surface area contributed by atoms with Crippen molar-refractivity contribution in [2.24, 2.45) is 0 Å². The summed E-state index contributed by atoms with van der Waals surface area (Å²) in [5.74, 6) is 0.930. The van der Waals surface area contributed by atoms with Gasteiger partial charge in [0.25, 0.3) is 0 Å². The van der Waals surface area contributed by atoms with Gasteiger partial charge < -0.3 is 14.8 Å². The van der Waals surface area contributed by atoms with Crippen molar-refractivity contribution < 1.29 is 14.3 Å². The molecule has 1 saturated carbocycles. The van der Waals surface area contributed by atoms with Gasteiger partial charge in [0.1, 0.15) is 5.75 Å². The number of carbonyl (C=O) groups is 1. The molecule has 0 saturated heterocycles. The Morgan fingerprint density at radius 2 is 1.92 bits per heavy atom.